The van der Waals surface area contributed by atoms with Crippen molar-refractivity contribution in [1.82, 2.24) is 20.2 Å². The summed E-state index contributed by atoms with van der Waals surface area (Å²) >= 11 is 3.47. The van der Waals surface area contributed by atoms with Gasteiger partial charge in [-0.2, -0.15) is 4.68 Å². The number of tetrazole rings is 1. The van der Waals surface area contributed by atoms with E-state index in [1.54, 1.807) is 4.68 Å². The molecule has 0 spiro atoms. The largest absolute Gasteiger partial charge is 0.492 e. The second-order valence-electron chi connectivity index (χ2n) is 5.12. The maximum absolute atomic E-state index is 12.2. The van der Waals surface area contributed by atoms with Crippen LogP contribution in [0.4, 0.5) is 5.69 Å². The SMILES string of the molecule is CCOc1ccccc1-n1nnnc1SCC(=O)Nc1cccc(I)c1. The molecule has 9 heteroatoms. The molecule has 2 aromatic carbocycles. The number of anilines is 1. The Morgan fingerprint density at radius 1 is 1.27 bits per heavy atom. The fourth-order valence-corrected chi connectivity index (χ4v) is 3.45. The maximum atomic E-state index is 12.2. The summed E-state index contributed by atoms with van der Waals surface area (Å²) in [4.78, 5) is 12.2. The van der Waals surface area contributed by atoms with Crippen LogP contribution in [0.2, 0.25) is 0 Å². The third-order valence-corrected chi connectivity index (χ3v) is 4.87. The Balaban J connectivity index is 1.69. The third-order valence-electron chi connectivity index (χ3n) is 3.27. The highest BCUT2D eigenvalue weighted by atomic mass is 127. The molecule has 0 fully saturated rings. The molecule has 0 saturated carbocycles. The summed E-state index contributed by atoms with van der Waals surface area (Å²) in [5.41, 5.74) is 1.50. The van der Waals surface area contributed by atoms with E-state index in [9.17, 15) is 4.79 Å². The molecular weight excluding hydrogens is 465 g/mol. The average Bonchev–Trinajstić information content (AvgIpc) is 3.09. The van der Waals surface area contributed by atoms with Crippen molar-refractivity contribution in [2.45, 2.75) is 12.1 Å². The van der Waals surface area contributed by atoms with Crippen LogP contribution in [0.25, 0.3) is 5.69 Å². The molecule has 0 bridgehead atoms. The Labute approximate surface area is 168 Å². The minimum Gasteiger partial charge on any atom is -0.492 e. The molecule has 3 rings (SSSR count). The highest BCUT2D eigenvalue weighted by molar-refractivity contribution is 14.1. The zero-order valence-electron chi connectivity index (χ0n) is 13.9. The zero-order valence-corrected chi connectivity index (χ0v) is 16.9. The van der Waals surface area contributed by atoms with Crippen molar-refractivity contribution < 1.29 is 9.53 Å². The fourth-order valence-electron chi connectivity index (χ4n) is 2.22. The number of aromatic nitrogens is 4. The molecule has 0 radical (unpaired) electrons. The summed E-state index contributed by atoms with van der Waals surface area (Å²) < 4.78 is 8.26. The zero-order chi connectivity index (χ0) is 18.4. The third kappa shape index (κ3) is 4.73. The van der Waals surface area contributed by atoms with E-state index in [0.29, 0.717) is 17.5 Å². The number of benzene rings is 2. The summed E-state index contributed by atoms with van der Waals surface area (Å²) in [6, 6.07) is 15.1. The highest BCUT2D eigenvalue weighted by Gasteiger charge is 2.15. The summed E-state index contributed by atoms with van der Waals surface area (Å²) in [6.45, 7) is 2.46. The number of nitrogens with zero attached hydrogens (tertiary/aromatic N) is 4. The Morgan fingerprint density at radius 3 is 2.92 bits per heavy atom. The number of para-hydroxylation sites is 2. The topological polar surface area (TPSA) is 81.9 Å². The average molecular weight is 481 g/mol. The molecule has 0 aliphatic carbocycles. The van der Waals surface area contributed by atoms with Crippen molar-refractivity contribution in [3.05, 3.63) is 52.1 Å². The number of amides is 1. The first-order valence-corrected chi connectivity index (χ1v) is 9.92. The maximum Gasteiger partial charge on any atom is 0.234 e. The van der Waals surface area contributed by atoms with Gasteiger partial charge >= 0.3 is 0 Å². The molecule has 1 heterocycles. The van der Waals surface area contributed by atoms with Gasteiger partial charge in [0.1, 0.15) is 11.4 Å². The molecule has 0 aliphatic heterocycles. The number of carbonyl (C=O) groups is 1. The fraction of sp³-hybridized carbons (Fsp3) is 0.176. The second kappa shape index (κ2) is 8.99. The second-order valence-corrected chi connectivity index (χ2v) is 7.31. The van der Waals surface area contributed by atoms with Crippen LogP contribution in [0.5, 0.6) is 5.75 Å². The molecule has 0 aliphatic rings. The Hall–Kier alpha value is -2.14. The van der Waals surface area contributed by atoms with Gasteiger partial charge in [-0.05, 0) is 70.3 Å². The first-order chi connectivity index (χ1) is 12.7. The number of halogens is 1. The standard InChI is InChI=1S/C17H16IN5O2S/c1-2-25-15-9-4-3-8-14(15)23-17(20-21-22-23)26-11-16(24)19-13-7-5-6-12(18)10-13/h3-10H,2,11H2,1H3,(H,19,24). The summed E-state index contributed by atoms with van der Waals surface area (Å²) in [6.07, 6.45) is 0. The van der Waals surface area contributed by atoms with E-state index in [0.717, 1.165) is 14.9 Å². The molecular formula is C17H16IN5O2S. The van der Waals surface area contributed by atoms with Gasteiger partial charge in [-0.3, -0.25) is 4.79 Å². The van der Waals surface area contributed by atoms with Crippen molar-refractivity contribution in [2.24, 2.45) is 0 Å². The van der Waals surface area contributed by atoms with Crippen molar-refractivity contribution in [2.75, 3.05) is 17.7 Å². The molecule has 26 heavy (non-hydrogen) atoms. The minimum atomic E-state index is -0.121. The van der Waals surface area contributed by atoms with E-state index >= 15 is 0 Å². The molecule has 1 N–H and O–H groups in total. The van der Waals surface area contributed by atoms with E-state index < -0.39 is 0 Å². The molecule has 3 aromatic rings. The number of hydrogen-bond donors (Lipinski definition) is 1. The summed E-state index contributed by atoms with van der Waals surface area (Å²) in [7, 11) is 0. The Kier molecular flexibility index (Phi) is 6.45. The minimum absolute atomic E-state index is 0.121. The van der Waals surface area contributed by atoms with Crippen LogP contribution in [-0.2, 0) is 4.79 Å². The van der Waals surface area contributed by atoms with E-state index in [1.165, 1.54) is 11.8 Å². The lowest BCUT2D eigenvalue weighted by Gasteiger charge is -2.10. The number of thioether (sulfide) groups is 1. The van der Waals surface area contributed by atoms with Gasteiger partial charge in [0.2, 0.25) is 11.1 Å². The van der Waals surface area contributed by atoms with Crippen molar-refractivity contribution in [3.63, 3.8) is 0 Å². The van der Waals surface area contributed by atoms with Crippen LogP contribution in [0.1, 0.15) is 6.92 Å². The van der Waals surface area contributed by atoms with Crippen LogP contribution in [0.3, 0.4) is 0 Å². The van der Waals surface area contributed by atoms with Gasteiger partial charge in [-0.1, -0.05) is 30.0 Å². The van der Waals surface area contributed by atoms with Crippen LogP contribution in [-0.4, -0.2) is 38.5 Å². The van der Waals surface area contributed by atoms with Crippen molar-refractivity contribution in [3.8, 4) is 11.4 Å². The summed E-state index contributed by atoms with van der Waals surface area (Å²) in [5.74, 6) is 0.764. The van der Waals surface area contributed by atoms with Crippen LogP contribution < -0.4 is 10.1 Å². The van der Waals surface area contributed by atoms with Gasteiger partial charge in [0.25, 0.3) is 0 Å². The Morgan fingerprint density at radius 2 is 2.12 bits per heavy atom. The number of hydrogen-bond acceptors (Lipinski definition) is 6. The van der Waals surface area contributed by atoms with Gasteiger partial charge in [-0.25, -0.2) is 0 Å². The number of rotatable bonds is 7. The molecule has 134 valence electrons. The lowest BCUT2D eigenvalue weighted by molar-refractivity contribution is -0.113. The first-order valence-electron chi connectivity index (χ1n) is 7.86. The smallest absolute Gasteiger partial charge is 0.234 e. The number of nitrogens with one attached hydrogen (secondary N) is 1. The quantitative estimate of drug-likeness (QED) is 0.412. The van der Waals surface area contributed by atoms with Crippen LogP contribution in [0, 0.1) is 3.57 Å². The van der Waals surface area contributed by atoms with Crippen LogP contribution in [0.15, 0.2) is 53.7 Å². The number of ether oxygens (including phenoxy) is 1. The lowest BCUT2D eigenvalue weighted by atomic mass is 10.3. The van der Waals surface area contributed by atoms with Crippen molar-refractivity contribution >= 4 is 45.9 Å². The van der Waals surface area contributed by atoms with E-state index in [1.807, 2.05) is 55.5 Å². The van der Waals surface area contributed by atoms with E-state index in [4.69, 9.17) is 4.74 Å². The van der Waals surface area contributed by atoms with Gasteiger partial charge in [0, 0.05) is 9.26 Å². The Bertz CT molecular complexity index is 902. The molecule has 0 saturated heterocycles. The monoisotopic (exact) mass is 481 g/mol. The predicted molar refractivity (Wildman–Crippen MR) is 109 cm³/mol. The van der Waals surface area contributed by atoms with Gasteiger partial charge in [-0.15, -0.1) is 5.10 Å². The van der Waals surface area contributed by atoms with Crippen LogP contribution >= 0.6 is 34.4 Å². The highest BCUT2D eigenvalue weighted by Crippen LogP contribution is 2.26. The van der Waals surface area contributed by atoms with Gasteiger partial charge in [0.05, 0.1) is 12.4 Å². The predicted octanol–water partition coefficient (Wildman–Crippen LogP) is 3.40. The van der Waals surface area contributed by atoms with Gasteiger partial charge in [0.15, 0.2) is 0 Å². The normalized spacial score (nSPS) is 10.5. The van der Waals surface area contributed by atoms with Gasteiger partial charge < -0.3 is 10.1 Å². The summed E-state index contributed by atoms with van der Waals surface area (Å²) in [5, 5.41) is 15.2. The molecule has 0 unspecified atom stereocenters. The van der Waals surface area contributed by atoms with Crippen molar-refractivity contribution in [1.29, 1.82) is 0 Å². The molecule has 1 amide bonds. The first kappa shape index (κ1) is 18.6. The number of carbonyl (C=O) groups excluding carboxylic acids is 1. The molecule has 0 atom stereocenters. The molecule has 7 nitrogen and oxygen atoms in total. The van der Waals surface area contributed by atoms with E-state index in [2.05, 4.69) is 43.4 Å². The molecule has 1 aromatic heterocycles. The lowest BCUT2D eigenvalue weighted by Crippen LogP contribution is -2.14. The van der Waals surface area contributed by atoms with E-state index in [-0.39, 0.29) is 11.7 Å².